The van der Waals surface area contributed by atoms with Crippen molar-refractivity contribution in [3.63, 3.8) is 0 Å². The van der Waals surface area contributed by atoms with Crippen LogP contribution in [0.25, 0.3) is 0 Å². The third-order valence-corrected chi connectivity index (χ3v) is 2.28. The van der Waals surface area contributed by atoms with Crippen molar-refractivity contribution in [3.05, 3.63) is 28.3 Å². The SMILES string of the molecule is CCc1cc(Cl)cc(CNO)c1OC. The summed E-state index contributed by atoms with van der Waals surface area (Å²) in [7, 11) is 1.61. The minimum absolute atomic E-state index is 0.330. The number of rotatable bonds is 4. The predicted molar refractivity (Wildman–Crippen MR) is 56.0 cm³/mol. The van der Waals surface area contributed by atoms with Gasteiger partial charge in [0.1, 0.15) is 5.75 Å². The van der Waals surface area contributed by atoms with Gasteiger partial charge in [0.05, 0.1) is 7.11 Å². The molecule has 0 atom stereocenters. The maximum atomic E-state index is 8.65. The van der Waals surface area contributed by atoms with Crippen molar-refractivity contribution >= 4 is 11.6 Å². The molecule has 0 aliphatic rings. The number of halogens is 1. The Morgan fingerprint density at radius 3 is 2.57 bits per heavy atom. The summed E-state index contributed by atoms with van der Waals surface area (Å²) >= 11 is 5.93. The topological polar surface area (TPSA) is 41.5 Å². The van der Waals surface area contributed by atoms with E-state index in [1.807, 2.05) is 13.0 Å². The standard InChI is InChI=1S/C10H14ClNO2/c1-3-7-4-9(11)5-8(6-12-13)10(7)14-2/h4-5,12-13H,3,6H2,1-2H3. The highest BCUT2D eigenvalue weighted by Gasteiger charge is 2.09. The van der Waals surface area contributed by atoms with Crippen molar-refractivity contribution in [2.75, 3.05) is 7.11 Å². The van der Waals surface area contributed by atoms with Gasteiger partial charge in [-0.1, -0.05) is 18.5 Å². The Hall–Kier alpha value is -0.770. The summed E-state index contributed by atoms with van der Waals surface area (Å²) in [5, 5.41) is 9.31. The molecule has 0 bridgehead atoms. The average Bonchev–Trinajstić information content (AvgIpc) is 2.17. The summed E-state index contributed by atoms with van der Waals surface area (Å²) < 4.78 is 5.27. The van der Waals surface area contributed by atoms with Crippen LogP contribution >= 0.6 is 11.6 Å². The van der Waals surface area contributed by atoms with Gasteiger partial charge in [0.15, 0.2) is 0 Å². The number of hydroxylamine groups is 1. The third kappa shape index (κ3) is 2.38. The molecule has 14 heavy (non-hydrogen) atoms. The minimum atomic E-state index is 0.330. The molecule has 0 spiro atoms. The summed E-state index contributed by atoms with van der Waals surface area (Å²) in [6.07, 6.45) is 0.849. The molecular weight excluding hydrogens is 202 g/mol. The number of benzene rings is 1. The highest BCUT2D eigenvalue weighted by Crippen LogP contribution is 2.28. The molecule has 0 aromatic heterocycles. The van der Waals surface area contributed by atoms with E-state index in [9.17, 15) is 0 Å². The van der Waals surface area contributed by atoms with E-state index in [0.717, 1.165) is 23.3 Å². The minimum Gasteiger partial charge on any atom is -0.496 e. The first-order valence-electron chi connectivity index (χ1n) is 4.45. The number of hydrogen-bond donors (Lipinski definition) is 2. The van der Waals surface area contributed by atoms with E-state index < -0.39 is 0 Å². The molecule has 0 aliphatic heterocycles. The zero-order valence-electron chi connectivity index (χ0n) is 8.30. The third-order valence-electron chi connectivity index (χ3n) is 2.06. The number of hydrogen-bond acceptors (Lipinski definition) is 3. The van der Waals surface area contributed by atoms with Gasteiger partial charge in [0, 0.05) is 17.1 Å². The van der Waals surface area contributed by atoms with Crippen LogP contribution in [0.1, 0.15) is 18.1 Å². The summed E-state index contributed by atoms with van der Waals surface area (Å²) in [6, 6.07) is 3.66. The largest absolute Gasteiger partial charge is 0.496 e. The fourth-order valence-corrected chi connectivity index (χ4v) is 1.72. The maximum absolute atomic E-state index is 8.65. The fourth-order valence-electron chi connectivity index (χ4n) is 1.45. The van der Waals surface area contributed by atoms with E-state index in [1.54, 1.807) is 13.2 Å². The van der Waals surface area contributed by atoms with E-state index in [2.05, 4.69) is 5.48 Å². The number of nitrogens with one attached hydrogen (secondary N) is 1. The molecule has 0 radical (unpaired) electrons. The zero-order valence-corrected chi connectivity index (χ0v) is 9.06. The molecule has 0 amide bonds. The molecule has 0 saturated carbocycles. The average molecular weight is 216 g/mol. The van der Waals surface area contributed by atoms with Crippen LogP contribution in [-0.4, -0.2) is 12.3 Å². The van der Waals surface area contributed by atoms with Crippen LogP contribution in [0.2, 0.25) is 5.02 Å². The van der Waals surface area contributed by atoms with Gasteiger partial charge in [-0.05, 0) is 24.1 Å². The Labute approximate surface area is 88.6 Å². The first kappa shape index (κ1) is 11.3. The normalized spacial score (nSPS) is 10.3. The fraction of sp³-hybridized carbons (Fsp3) is 0.400. The van der Waals surface area contributed by atoms with Crippen molar-refractivity contribution in [1.82, 2.24) is 5.48 Å². The van der Waals surface area contributed by atoms with Crippen LogP contribution in [0.15, 0.2) is 12.1 Å². The van der Waals surface area contributed by atoms with E-state index in [0.29, 0.717) is 11.6 Å². The number of ether oxygens (including phenoxy) is 1. The lowest BCUT2D eigenvalue weighted by molar-refractivity contribution is 0.160. The van der Waals surface area contributed by atoms with E-state index >= 15 is 0 Å². The molecule has 0 heterocycles. The van der Waals surface area contributed by atoms with Gasteiger partial charge in [0.25, 0.3) is 0 Å². The van der Waals surface area contributed by atoms with Crippen LogP contribution in [0, 0.1) is 0 Å². The smallest absolute Gasteiger partial charge is 0.126 e. The molecule has 0 unspecified atom stereocenters. The molecular formula is C10H14ClNO2. The summed E-state index contributed by atoms with van der Waals surface area (Å²) in [6.45, 7) is 2.36. The van der Waals surface area contributed by atoms with Crippen LogP contribution < -0.4 is 10.2 Å². The van der Waals surface area contributed by atoms with Gasteiger partial charge >= 0.3 is 0 Å². The first-order valence-corrected chi connectivity index (χ1v) is 4.83. The van der Waals surface area contributed by atoms with Gasteiger partial charge in [0.2, 0.25) is 0 Å². The van der Waals surface area contributed by atoms with Crippen LogP contribution in [-0.2, 0) is 13.0 Å². The van der Waals surface area contributed by atoms with Gasteiger partial charge in [-0.3, -0.25) is 0 Å². The molecule has 0 fully saturated rings. The Morgan fingerprint density at radius 2 is 2.07 bits per heavy atom. The zero-order chi connectivity index (χ0) is 10.6. The molecule has 1 aromatic rings. The van der Waals surface area contributed by atoms with Crippen molar-refractivity contribution in [2.45, 2.75) is 19.9 Å². The molecule has 0 aliphatic carbocycles. The second kappa shape index (κ2) is 5.20. The number of aryl methyl sites for hydroxylation is 1. The van der Waals surface area contributed by atoms with Crippen LogP contribution in [0.5, 0.6) is 5.75 Å². The van der Waals surface area contributed by atoms with E-state index in [1.165, 1.54) is 0 Å². The predicted octanol–water partition coefficient (Wildman–Crippen LogP) is 2.39. The second-order valence-corrected chi connectivity index (χ2v) is 3.38. The number of methoxy groups -OCH3 is 1. The van der Waals surface area contributed by atoms with Crippen molar-refractivity contribution in [3.8, 4) is 5.75 Å². The van der Waals surface area contributed by atoms with Gasteiger partial charge in [-0.25, -0.2) is 5.48 Å². The van der Waals surface area contributed by atoms with Crippen molar-refractivity contribution in [2.24, 2.45) is 0 Å². The van der Waals surface area contributed by atoms with Crippen molar-refractivity contribution < 1.29 is 9.94 Å². The molecule has 4 heteroatoms. The van der Waals surface area contributed by atoms with E-state index in [4.69, 9.17) is 21.5 Å². The Kier molecular flexibility index (Phi) is 4.20. The highest BCUT2D eigenvalue weighted by molar-refractivity contribution is 6.30. The molecule has 2 N–H and O–H groups in total. The lowest BCUT2D eigenvalue weighted by atomic mass is 10.1. The van der Waals surface area contributed by atoms with Gasteiger partial charge in [-0.2, -0.15) is 0 Å². The molecule has 0 saturated heterocycles. The Bertz CT molecular complexity index is 315. The first-order chi connectivity index (χ1) is 6.72. The molecule has 78 valence electrons. The van der Waals surface area contributed by atoms with Gasteiger partial charge in [-0.15, -0.1) is 0 Å². The summed E-state index contributed by atoms with van der Waals surface area (Å²) in [5.74, 6) is 0.790. The highest BCUT2D eigenvalue weighted by atomic mass is 35.5. The monoisotopic (exact) mass is 215 g/mol. The molecule has 1 aromatic carbocycles. The van der Waals surface area contributed by atoms with Gasteiger partial charge < -0.3 is 9.94 Å². The van der Waals surface area contributed by atoms with Crippen LogP contribution in [0.4, 0.5) is 0 Å². The molecule has 1 rings (SSSR count). The van der Waals surface area contributed by atoms with Crippen molar-refractivity contribution in [1.29, 1.82) is 0 Å². The Balaban J connectivity index is 3.17. The lowest BCUT2D eigenvalue weighted by Crippen LogP contribution is -2.08. The summed E-state index contributed by atoms with van der Waals surface area (Å²) in [4.78, 5) is 0. The summed E-state index contributed by atoms with van der Waals surface area (Å²) in [5.41, 5.74) is 4.01. The second-order valence-electron chi connectivity index (χ2n) is 2.95. The quantitative estimate of drug-likeness (QED) is 0.758. The maximum Gasteiger partial charge on any atom is 0.126 e. The molecule has 3 nitrogen and oxygen atoms in total. The van der Waals surface area contributed by atoms with E-state index in [-0.39, 0.29) is 0 Å². The Morgan fingerprint density at radius 1 is 1.43 bits per heavy atom. The van der Waals surface area contributed by atoms with Crippen LogP contribution in [0.3, 0.4) is 0 Å². The lowest BCUT2D eigenvalue weighted by Gasteiger charge is -2.12.